The van der Waals surface area contributed by atoms with Crippen LogP contribution in [0.2, 0.25) is 0 Å². The zero-order valence-corrected chi connectivity index (χ0v) is 11.8. The Kier molecular flexibility index (Phi) is 4.13. The van der Waals surface area contributed by atoms with Crippen LogP contribution in [0.1, 0.15) is 11.7 Å². The van der Waals surface area contributed by atoms with Crippen LogP contribution in [-0.2, 0) is 4.79 Å². The number of benzene rings is 1. The summed E-state index contributed by atoms with van der Waals surface area (Å²) in [7, 11) is 0. The smallest absolute Gasteiger partial charge is 0.326 e. The minimum absolute atomic E-state index is 0.257. The summed E-state index contributed by atoms with van der Waals surface area (Å²) in [6.07, 6.45) is 0. The molecule has 100 valence electrons. The highest BCUT2D eigenvalue weighted by molar-refractivity contribution is 9.10. The van der Waals surface area contributed by atoms with E-state index in [1.165, 1.54) is 23.5 Å². The minimum Gasteiger partial charge on any atom is -0.480 e. The topological polar surface area (TPSA) is 88.2 Å². The van der Waals surface area contributed by atoms with Gasteiger partial charge >= 0.3 is 5.97 Å². The highest BCUT2D eigenvalue weighted by atomic mass is 79.9. The molecule has 0 aliphatic rings. The molecule has 0 aliphatic heterocycles. The second kappa shape index (κ2) is 5.64. The molecule has 2 rings (SSSR count). The normalized spacial score (nSPS) is 12.2. The molecule has 5 nitrogen and oxygen atoms in total. The molecule has 0 fully saturated rings. The summed E-state index contributed by atoms with van der Waals surface area (Å²) in [5.41, 5.74) is 6.21. The molecular weight excluding hydrogens is 337 g/mol. The molecule has 0 spiro atoms. The number of hydrogen-bond acceptors (Lipinski definition) is 5. The summed E-state index contributed by atoms with van der Waals surface area (Å²) in [6.45, 7) is 0. The van der Waals surface area contributed by atoms with Gasteiger partial charge in [-0.3, -0.25) is 4.79 Å². The second-order valence-corrected chi connectivity index (χ2v) is 5.36. The van der Waals surface area contributed by atoms with E-state index >= 15 is 0 Å². The fourth-order valence-electron chi connectivity index (χ4n) is 1.32. The largest absolute Gasteiger partial charge is 0.480 e. The number of anilines is 2. The third-order valence-corrected chi connectivity index (χ3v) is 3.74. The quantitative estimate of drug-likeness (QED) is 0.792. The van der Waals surface area contributed by atoms with Crippen molar-refractivity contribution in [1.82, 2.24) is 4.98 Å². The van der Waals surface area contributed by atoms with Gasteiger partial charge in [-0.15, -0.1) is 11.3 Å². The molecular formula is C11H9BrFN3O2S. The van der Waals surface area contributed by atoms with Crippen LogP contribution in [0.3, 0.4) is 0 Å². The van der Waals surface area contributed by atoms with E-state index in [1.807, 2.05) is 0 Å². The number of halogens is 2. The van der Waals surface area contributed by atoms with Crippen LogP contribution in [0.25, 0.3) is 0 Å². The van der Waals surface area contributed by atoms with Crippen molar-refractivity contribution in [3.63, 3.8) is 0 Å². The maximum Gasteiger partial charge on any atom is 0.326 e. The first-order valence-electron chi connectivity index (χ1n) is 5.13. The SMILES string of the molecule is NC(C(=O)O)c1csc(Nc2cc(F)ccc2Br)n1. The lowest BCUT2D eigenvalue weighted by Gasteiger charge is -2.05. The number of aliphatic carboxylic acids is 1. The van der Waals surface area contributed by atoms with Crippen molar-refractivity contribution in [2.75, 3.05) is 5.32 Å². The number of carboxylic acids is 1. The van der Waals surface area contributed by atoms with E-state index in [1.54, 1.807) is 11.4 Å². The number of thiazole rings is 1. The van der Waals surface area contributed by atoms with Crippen LogP contribution in [0.15, 0.2) is 28.1 Å². The molecule has 1 unspecified atom stereocenters. The Bertz CT molecular complexity index is 620. The van der Waals surface area contributed by atoms with Gasteiger partial charge in [0.2, 0.25) is 0 Å². The van der Waals surface area contributed by atoms with E-state index in [0.717, 1.165) is 0 Å². The third kappa shape index (κ3) is 3.28. The number of rotatable bonds is 4. The van der Waals surface area contributed by atoms with Crippen LogP contribution in [0.5, 0.6) is 0 Å². The lowest BCUT2D eigenvalue weighted by molar-refractivity contribution is -0.138. The molecule has 19 heavy (non-hydrogen) atoms. The molecule has 8 heteroatoms. The van der Waals surface area contributed by atoms with Crippen molar-refractivity contribution >= 4 is 44.1 Å². The van der Waals surface area contributed by atoms with E-state index < -0.39 is 12.0 Å². The Morgan fingerprint density at radius 1 is 1.58 bits per heavy atom. The fraction of sp³-hybridized carbons (Fsp3) is 0.0909. The molecule has 4 N–H and O–H groups in total. The molecule has 1 aromatic carbocycles. The number of hydrogen-bond donors (Lipinski definition) is 3. The molecule has 0 bridgehead atoms. The first kappa shape index (κ1) is 13.9. The highest BCUT2D eigenvalue weighted by Gasteiger charge is 2.17. The van der Waals surface area contributed by atoms with Gasteiger partial charge in [0.25, 0.3) is 0 Å². The highest BCUT2D eigenvalue weighted by Crippen LogP contribution is 2.29. The van der Waals surface area contributed by atoms with Crippen LogP contribution in [0, 0.1) is 5.82 Å². The Morgan fingerprint density at radius 3 is 3.00 bits per heavy atom. The van der Waals surface area contributed by atoms with Gasteiger partial charge in [-0.05, 0) is 34.1 Å². The Hall–Kier alpha value is -1.51. The van der Waals surface area contributed by atoms with Crippen LogP contribution < -0.4 is 11.1 Å². The Morgan fingerprint density at radius 2 is 2.32 bits per heavy atom. The second-order valence-electron chi connectivity index (χ2n) is 3.64. The number of nitrogens with two attached hydrogens (primary N) is 1. The number of aromatic nitrogens is 1. The van der Waals surface area contributed by atoms with Crippen molar-refractivity contribution in [1.29, 1.82) is 0 Å². The van der Waals surface area contributed by atoms with E-state index in [-0.39, 0.29) is 11.5 Å². The molecule has 0 amide bonds. The van der Waals surface area contributed by atoms with Crippen molar-refractivity contribution in [2.45, 2.75) is 6.04 Å². The van der Waals surface area contributed by atoms with Crippen LogP contribution in [-0.4, -0.2) is 16.1 Å². The third-order valence-electron chi connectivity index (χ3n) is 2.28. The summed E-state index contributed by atoms with van der Waals surface area (Å²) >= 11 is 4.47. The van der Waals surface area contributed by atoms with Crippen LogP contribution >= 0.6 is 27.3 Å². The van der Waals surface area contributed by atoms with Gasteiger partial charge in [0.15, 0.2) is 5.13 Å². The van der Waals surface area contributed by atoms with E-state index in [4.69, 9.17) is 10.8 Å². The number of nitrogens with zero attached hydrogens (tertiary/aromatic N) is 1. The molecule has 1 atom stereocenters. The predicted molar refractivity (Wildman–Crippen MR) is 74.1 cm³/mol. The predicted octanol–water partition coefficient (Wildman–Crippen LogP) is 2.87. The summed E-state index contributed by atoms with van der Waals surface area (Å²) in [5.74, 6) is -1.53. The molecule has 1 heterocycles. The van der Waals surface area contributed by atoms with E-state index in [0.29, 0.717) is 15.3 Å². The average molecular weight is 346 g/mol. The maximum absolute atomic E-state index is 13.1. The maximum atomic E-state index is 13.1. The summed E-state index contributed by atoms with van der Waals surface area (Å²) in [4.78, 5) is 14.8. The summed E-state index contributed by atoms with van der Waals surface area (Å²) in [6, 6.07) is 3.03. The van der Waals surface area contributed by atoms with Gasteiger partial charge in [0.1, 0.15) is 11.9 Å². The zero-order valence-electron chi connectivity index (χ0n) is 9.43. The summed E-state index contributed by atoms with van der Waals surface area (Å²) in [5, 5.41) is 13.7. The molecule has 0 radical (unpaired) electrons. The number of carbonyl (C=O) groups is 1. The van der Waals surface area contributed by atoms with Gasteiger partial charge < -0.3 is 16.2 Å². The average Bonchev–Trinajstić information content (AvgIpc) is 2.81. The molecule has 0 saturated heterocycles. The van der Waals surface area contributed by atoms with Crippen molar-refractivity contribution in [3.05, 3.63) is 39.6 Å². The molecule has 2 aromatic rings. The Balaban J connectivity index is 2.20. The number of carboxylic acid groups (broad SMARTS) is 1. The minimum atomic E-state index is -1.16. The van der Waals surface area contributed by atoms with Gasteiger partial charge in [0.05, 0.1) is 11.4 Å². The Labute approximate surface area is 120 Å². The van der Waals surface area contributed by atoms with E-state index in [2.05, 4.69) is 26.2 Å². The molecule has 0 saturated carbocycles. The van der Waals surface area contributed by atoms with E-state index in [9.17, 15) is 9.18 Å². The van der Waals surface area contributed by atoms with Gasteiger partial charge in [-0.25, -0.2) is 9.37 Å². The fourth-order valence-corrected chi connectivity index (χ4v) is 2.43. The van der Waals surface area contributed by atoms with Crippen molar-refractivity contribution < 1.29 is 14.3 Å². The van der Waals surface area contributed by atoms with Gasteiger partial charge in [-0.2, -0.15) is 0 Å². The van der Waals surface area contributed by atoms with Crippen LogP contribution in [0.4, 0.5) is 15.2 Å². The first-order chi connectivity index (χ1) is 8.97. The lowest BCUT2D eigenvalue weighted by Crippen LogP contribution is -2.20. The lowest BCUT2D eigenvalue weighted by atomic mass is 10.2. The number of nitrogens with one attached hydrogen (secondary N) is 1. The van der Waals surface area contributed by atoms with Crippen molar-refractivity contribution in [2.24, 2.45) is 5.73 Å². The molecule has 0 aliphatic carbocycles. The first-order valence-corrected chi connectivity index (χ1v) is 6.80. The van der Waals surface area contributed by atoms with Gasteiger partial charge in [-0.1, -0.05) is 0 Å². The molecule has 1 aromatic heterocycles. The summed E-state index contributed by atoms with van der Waals surface area (Å²) < 4.78 is 13.8. The van der Waals surface area contributed by atoms with Crippen molar-refractivity contribution in [3.8, 4) is 0 Å². The standard InChI is InChI=1S/C11H9BrFN3O2S/c12-6-2-1-5(13)3-7(6)15-11-16-8(4-19-11)9(14)10(17)18/h1-4,9H,14H2,(H,15,16)(H,17,18). The van der Waals surface area contributed by atoms with Gasteiger partial charge in [0, 0.05) is 9.85 Å². The monoisotopic (exact) mass is 345 g/mol. The zero-order chi connectivity index (χ0) is 14.0.